The van der Waals surface area contributed by atoms with E-state index in [-0.39, 0.29) is 18.3 Å². The fraction of sp³-hybridized carbons (Fsp3) is 0.333. The van der Waals surface area contributed by atoms with E-state index < -0.39 is 5.97 Å². The average molecular weight is 485 g/mol. The van der Waals surface area contributed by atoms with Crippen molar-refractivity contribution in [1.29, 1.82) is 0 Å². The highest BCUT2D eigenvalue weighted by atomic mass is 32.2. The number of carbonyl (C=O) groups is 2. The third-order valence-corrected chi connectivity index (χ3v) is 5.77. The quantitative estimate of drug-likeness (QED) is 0.320. The summed E-state index contributed by atoms with van der Waals surface area (Å²) in [6.45, 7) is 7.26. The topological polar surface area (TPSA) is 105 Å². The minimum Gasteiger partial charge on any atom is -0.490 e. The molecule has 0 bridgehead atoms. The van der Waals surface area contributed by atoms with Gasteiger partial charge in [0.05, 0.1) is 30.7 Å². The molecule has 2 aromatic carbocycles. The lowest BCUT2D eigenvalue weighted by molar-refractivity contribution is -0.113. The van der Waals surface area contributed by atoms with Crippen LogP contribution in [0.5, 0.6) is 11.5 Å². The first-order valence-corrected chi connectivity index (χ1v) is 11.8. The van der Waals surface area contributed by atoms with Gasteiger partial charge in [0, 0.05) is 6.54 Å². The first kappa shape index (κ1) is 25.1. The summed E-state index contributed by atoms with van der Waals surface area (Å²) < 4.78 is 18.3. The van der Waals surface area contributed by atoms with Gasteiger partial charge < -0.3 is 24.1 Å². The minimum atomic E-state index is -0.514. The number of nitrogens with one attached hydrogen (secondary N) is 1. The number of aryl methyl sites for hydroxylation is 1. The molecule has 3 aromatic rings. The van der Waals surface area contributed by atoms with E-state index in [9.17, 15) is 9.59 Å². The Morgan fingerprint density at radius 2 is 1.85 bits per heavy atom. The Labute approximate surface area is 202 Å². The summed E-state index contributed by atoms with van der Waals surface area (Å²) >= 11 is 1.26. The minimum absolute atomic E-state index is 0.0982. The lowest BCUT2D eigenvalue weighted by Crippen LogP contribution is -2.17. The molecule has 0 atom stereocenters. The Bertz CT molecular complexity index is 1150. The van der Waals surface area contributed by atoms with Crippen LogP contribution in [-0.4, -0.2) is 46.1 Å². The number of nitrogens with zero attached hydrogens (tertiary/aromatic N) is 3. The van der Waals surface area contributed by atoms with Gasteiger partial charge in [-0.3, -0.25) is 4.79 Å². The van der Waals surface area contributed by atoms with Crippen molar-refractivity contribution < 1.29 is 23.8 Å². The number of rotatable bonds is 11. The number of carbonyl (C=O) groups excluding carboxylic acids is 2. The highest BCUT2D eigenvalue weighted by molar-refractivity contribution is 7.99. The number of aromatic nitrogens is 3. The Balaban J connectivity index is 1.63. The standard InChI is InChI=1S/C24H28N4O5S/c1-5-28-21(14-33-19-12-11-16(3)13-20(19)32-6-2)26-27-24(28)34-15-22(29)25-18-10-8-7-9-17(18)23(30)31-4/h7-13H,5-6,14-15H2,1-4H3,(H,25,29). The first-order valence-electron chi connectivity index (χ1n) is 10.8. The second-order valence-corrected chi connectivity index (χ2v) is 8.13. The Kier molecular flexibility index (Phi) is 8.92. The molecule has 0 fully saturated rings. The van der Waals surface area contributed by atoms with Gasteiger partial charge in [-0.25, -0.2) is 4.79 Å². The largest absolute Gasteiger partial charge is 0.490 e. The van der Waals surface area contributed by atoms with E-state index in [1.54, 1.807) is 24.3 Å². The van der Waals surface area contributed by atoms with E-state index in [1.807, 2.05) is 43.5 Å². The van der Waals surface area contributed by atoms with Crippen molar-refractivity contribution in [2.45, 2.75) is 39.1 Å². The normalized spacial score (nSPS) is 10.6. The lowest BCUT2D eigenvalue weighted by atomic mass is 10.2. The van der Waals surface area contributed by atoms with Gasteiger partial charge in [-0.1, -0.05) is 30.0 Å². The van der Waals surface area contributed by atoms with Crippen LogP contribution in [0.1, 0.15) is 35.6 Å². The monoisotopic (exact) mass is 484 g/mol. The smallest absolute Gasteiger partial charge is 0.339 e. The van der Waals surface area contributed by atoms with Gasteiger partial charge in [-0.2, -0.15) is 0 Å². The van der Waals surface area contributed by atoms with Gasteiger partial charge in [-0.05, 0) is 50.6 Å². The van der Waals surface area contributed by atoms with Crippen LogP contribution in [-0.2, 0) is 22.7 Å². The van der Waals surface area contributed by atoms with Gasteiger partial charge >= 0.3 is 5.97 Å². The van der Waals surface area contributed by atoms with Crippen LogP contribution in [0.2, 0.25) is 0 Å². The maximum atomic E-state index is 12.5. The van der Waals surface area contributed by atoms with E-state index in [1.165, 1.54) is 18.9 Å². The summed E-state index contributed by atoms with van der Waals surface area (Å²) in [7, 11) is 1.30. The number of esters is 1. The zero-order valence-corrected chi connectivity index (χ0v) is 20.5. The molecule has 9 nitrogen and oxygen atoms in total. The summed E-state index contributed by atoms with van der Waals surface area (Å²) in [4.78, 5) is 24.4. The molecule has 0 spiro atoms. The maximum absolute atomic E-state index is 12.5. The van der Waals surface area contributed by atoms with Gasteiger partial charge in [0.15, 0.2) is 22.5 Å². The average Bonchev–Trinajstić information content (AvgIpc) is 3.24. The zero-order chi connectivity index (χ0) is 24.5. The van der Waals surface area contributed by atoms with Gasteiger partial charge in [0.25, 0.3) is 0 Å². The van der Waals surface area contributed by atoms with Crippen molar-refractivity contribution in [3.8, 4) is 11.5 Å². The van der Waals surface area contributed by atoms with E-state index in [0.29, 0.717) is 46.9 Å². The molecule has 0 unspecified atom stereocenters. The number of amides is 1. The van der Waals surface area contributed by atoms with Crippen LogP contribution in [0, 0.1) is 6.92 Å². The number of ether oxygens (including phenoxy) is 3. The molecule has 0 aliphatic rings. The number of para-hydroxylation sites is 1. The molecule has 0 saturated carbocycles. The van der Waals surface area contributed by atoms with Gasteiger partial charge in [-0.15, -0.1) is 10.2 Å². The van der Waals surface area contributed by atoms with E-state index in [4.69, 9.17) is 14.2 Å². The number of benzene rings is 2. The Morgan fingerprint density at radius 3 is 2.59 bits per heavy atom. The number of hydrogen-bond donors (Lipinski definition) is 1. The van der Waals surface area contributed by atoms with Gasteiger partial charge in [0.2, 0.25) is 5.91 Å². The SMILES string of the molecule is CCOc1cc(C)ccc1OCc1nnc(SCC(=O)Nc2ccccc2C(=O)OC)n1CC. The lowest BCUT2D eigenvalue weighted by Gasteiger charge is -2.13. The van der Waals surface area contributed by atoms with Crippen molar-refractivity contribution in [3.05, 3.63) is 59.4 Å². The highest BCUT2D eigenvalue weighted by Crippen LogP contribution is 2.29. The predicted molar refractivity (Wildman–Crippen MR) is 130 cm³/mol. The molecule has 3 rings (SSSR count). The molecule has 0 aliphatic carbocycles. The predicted octanol–water partition coefficient (Wildman–Crippen LogP) is 4.10. The molecular formula is C24H28N4O5S. The summed E-state index contributed by atoms with van der Waals surface area (Å²) in [6, 6.07) is 12.5. The van der Waals surface area contributed by atoms with Crippen molar-refractivity contribution >= 4 is 29.3 Å². The molecule has 0 aliphatic heterocycles. The molecule has 1 aromatic heterocycles. The summed E-state index contributed by atoms with van der Waals surface area (Å²) in [6.07, 6.45) is 0. The van der Waals surface area contributed by atoms with Crippen molar-refractivity contribution in [3.63, 3.8) is 0 Å². The molecule has 0 saturated heterocycles. The fourth-order valence-corrected chi connectivity index (χ4v) is 4.01. The van der Waals surface area contributed by atoms with Crippen LogP contribution in [0.25, 0.3) is 0 Å². The van der Waals surface area contributed by atoms with Crippen LogP contribution >= 0.6 is 11.8 Å². The molecule has 0 radical (unpaired) electrons. The maximum Gasteiger partial charge on any atom is 0.339 e. The second-order valence-electron chi connectivity index (χ2n) is 7.19. The van der Waals surface area contributed by atoms with Crippen molar-refractivity contribution in [1.82, 2.24) is 14.8 Å². The highest BCUT2D eigenvalue weighted by Gasteiger charge is 2.17. The van der Waals surface area contributed by atoms with E-state index in [2.05, 4.69) is 15.5 Å². The van der Waals surface area contributed by atoms with Crippen LogP contribution in [0.3, 0.4) is 0 Å². The van der Waals surface area contributed by atoms with Gasteiger partial charge in [0.1, 0.15) is 6.61 Å². The molecule has 180 valence electrons. The second kappa shape index (κ2) is 12.1. The Morgan fingerprint density at radius 1 is 1.06 bits per heavy atom. The summed E-state index contributed by atoms with van der Waals surface area (Å²) in [5.74, 6) is 1.27. The first-order chi connectivity index (χ1) is 16.5. The van der Waals surface area contributed by atoms with Crippen LogP contribution < -0.4 is 14.8 Å². The fourth-order valence-electron chi connectivity index (χ4n) is 3.19. The molecule has 1 amide bonds. The van der Waals surface area contributed by atoms with Crippen molar-refractivity contribution in [2.24, 2.45) is 0 Å². The van der Waals surface area contributed by atoms with E-state index in [0.717, 1.165) is 5.56 Å². The Hall–Kier alpha value is -3.53. The molecular weight excluding hydrogens is 456 g/mol. The van der Waals surface area contributed by atoms with Crippen LogP contribution in [0.15, 0.2) is 47.6 Å². The number of anilines is 1. The number of hydrogen-bond acceptors (Lipinski definition) is 8. The zero-order valence-electron chi connectivity index (χ0n) is 19.7. The third-order valence-electron chi connectivity index (χ3n) is 4.80. The summed E-state index contributed by atoms with van der Waals surface area (Å²) in [5.41, 5.74) is 1.77. The molecule has 1 N–H and O–H groups in total. The van der Waals surface area contributed by atoms with E-state index >= 15 is 0 Å². The van der Waals surface area contributed by atoms with Crippen molar-refractivity contribution in [2.75, 3.05) is 24.8 Å². The van der Waals surface area contributed by atoms with Crippen LogP contribution in [0.4, 0.5) is 5.69 Å². The number of thioether (sulfide) groups is 1. The number of methoxy groups -OCH3 is 1. The third kappa shape index (κ3) is 6.28. The summed E-state index contributed by atoms with van der Waals surface area (Å²) in [5, 5.41) is 11.8. The molecule has 10 heteroatoms. The molecule has 1 heterocycles. The molecule has 34 heavy (non-hydrogen) atoms.